The molecule has 4 rings (SSSR count). The Morgan fingerprint density at radius 2 is 1.08 bits per heavy atom. The average Bonchev–Trinajstić information content (AvgIpc) is 2.96. The lowest BCUT2D eigenvalue weighted by Crippen LogP contribution is -2.34. The molecule has 0 spiro atoms. The maximum atomic E-state index is 5.02. The van der Waals surface area contributed by atoms with Crippen LogP contribution < -0.4 is 15.9 Å². The highest BCUT2D eigenvalue weighted by atomic mass is 31.1. The molecule has 1 N–H and O–H groups in total. The quantitative estimate of drug-likeness (QED) is 0.135. The Morgan fingerprint density at radius 3 is 1.51 bits per heavy atom. The van der Waals surface area contributed by atoms with Crippen LogP contribution in [0.4, 0.5) is 0 Å². The highest BCUT2D eigenvalue weighted by Gasteiger charge is 2.21. The summed E-state index contributed by atoms with van der Waals surface area (Å²) in [6.45, 7) is 9.70. The zero-order valence-electron chi connectivity index (χ0n) is 23.4. The highest BCUT2D eigenvalue weighted by molar-refractivity contribution is 7.87. The molecule has 0 radical (unpaired) electrons. The van der Waals surface area contributed by atoms with E-state index >= 15 is 0 Å². The number of hydrogen-bond donors (Lipinski definition) is 1. The molecule has 0 aliphatic carbocycles. The molecule has 0 aliphatic rings. The minimum Gasteiger partial charge on any atom is -0.367 e. The topological polar surface area (TPSA) is 49.1 Å². The van der Waals surface area contributed by atoms with Gasteiger partial charge in [-0.1, -0.05) is 121 Å². The van der Waals surface area contributed by atoms with E-state index in [4.69, 9.17) is 4.99 Å². The van der Waals surface area contributed by atoms with Gasteiger partial charge in [-0.05, 0) is 49.4 Å². The molecule has 0 atom stereocenters. The van der Waals surface area contributed by atoms with Gasteiger partial charge in [0.25, 0.3) is 0 Å². The molecule has 200 valence electrons. The highest BCUT2D eigenvalue weighted by Crippen LogP contribution is 2.35. The predicted molar refractivity (Wildman–Crippen MR) is 170 cm³/mol. The molecule has 0 unspecified atom stereocenters. The molecule has 0 bridgehead atoms. The third-order valence-corrected chi connectivity index (χ3v) is 7.73. The number of aliphatic imine (C=N–C) groups is 3. The molecule has 39 heavy (non-hydrogen) atoms. The molecule has 0 amide bonds. The van der Waals surface area contributed by atoms with E-state index in [1.807, 2.05) is 50.2 Å². The lowest BCUT2D eigenvalue weighted by molar-refractivity contribution is 0.736. The summed E-state index contributed by atoms with van der Waals surface area (Å²) < 4.78 is 0. The second-order valence-corrected chi connectivity index (χ2v) is 11.7. The summed E-state index contributed by atoms with van der Waals surface area (Å²) in [5.74, 6) is 0. The van der Waals surface area contributed by atoms with Crippen molar-refractivity contribution < 1.29 is 0 Å². The van der Waals surface area contributed by atoms with Crippen LogP contribution in [0.3, 0.4) is 0 Å². The third kappa shape index (κ3) is 11.2. The second-order valence-electron chi connectivity index (χ2n) is 9.56. The summed E-state index contributed by atoms with van der Waals surface area (Å²) in [7, 11) is -0.704. The number of rotatable bonds is 9. The number of nitrogens with zero attached hydrogens (tertiary/aromatic N) is 3. The summed E-state index contributed by atoms with van der Waals surface area (Å²) in [4.78, 5) is 13.1. The molecule has 0 aromatic heterocycles. The number of nitrogens with one attached hydrogen (secondary N) is 1. The molecular weight excluding hydrogens is 495 g/mol. The fraction of sp³-hybridized carbons (Fsp3) is 0.235. The fourth-order valence-electron chi connectivity index (χ4n) is 3.60. The molecular formula is C34H39N4P. The minimum absolute atomic E-state index is 0.277. The summed E-state index contributed by atoms with van der Waals surface area (Å²) in [5.41, 5.74) is 3.50. The van der Waals surface area contributed by atoms with Crippen LogP contribution in [0.2, 0.25) is 0 Å². The van der Waals surface area contributed by atoms with Gasteiger partial charge in [0.1, 0.15) is 5.58 Å². The van der Waals surface area contributed by atoms with Gasteiger partial charge in [0.2, 0.25) is 0 Å². The van der Waals surface area contributed by atoms with Crippen molar-refractivity contribution in [2.24, 2.45) is 15.0 Å². The van der Waals surface area contributed by atoms with E-state index < -0.39 is 7.92 Å². The zero-order chi connectivity index (χ0) is 27.7. The van der Waals surface area contributed by atoms with Gasteiger partial charge in [-0.15, -0.1) is 0 Å². The molecule has 0 saturated heterocycles. The monoisotopic (exact) mass is 534 g/mol. The average molecular weight is 535 g/mol. The van der Waals surface area contributed by atoms with E-state index in [9.17, 15) is 0 Å². The van der Waals surface area contributed by atoms with E-state index in [2.05, 4.69) is 120 Å². The Morgan fingerprint density at radius 1 is 0.641 bits per heavy atom. The van der Waals surface area contributed by atoms with Gasteiger partial charge in [0, 0.05) is 14.0 Å². The van der Waals surface area contributed by atoms with Gasteiger partial charge < -0.3 is 5.32 Å². The van der Waals surface area contributed by atoms with Crippen molar-refractivity contribution >= 4 is 30.1 Å². The van der Waals surface area contributed by atoms with Gasteiger partial charge in [-0.2, -0.15) is 0 Å². The molecule has 4 aromatic rings. The number of hydrogen-bond acceptors (Lipinski definition) is 3. The van der Waals surface area contributed by atoms with Crippen LogP contribution in [0.15, 0.2) is 136 Å². The van der Waals surface area contributed by atoms with Crippen molar-refractivity contribution in [1.29, 1.82) is 0 Å². The van der Waals surface area contributed by atoms with Crippen molar-refractivity contribution in [2.45, 2.75) is 52.9 Å². The first-order chi connectivity index (χ1) is 19.0. The summed E-state index contributed by atoms with van der Waals surface area (Å²) >= 11 is 0. The second kappa shape index (κ2) is 16.9. The van der Waals surface area contributed by atoms with E-state index in [1.165, 1.54) is 21.7 Å². The van der Waals surface area contributed by atoms with Crippen LogP contribution in [0.5, 0.6) is 0 Å². The SMILES string of the molecule is CC(C)N=C=NCc1ccccc1.CC(C)NC(=NCc1ccccc1)P(c1ccccc1)c1ccccc1. The maximum absolute atomic E-state index is 5.02. The minimum atomic E-state index is -0.704. The van der Waals surface area contributed by atoms with E-state index in [1.54, 1.807) is 0 Å². The van der Waals surface area contributed by atoms with Crippen molar-refractivity contribution in [3.05, 3.63) is 132 Å². The Hall–Kier alpha value is -3.84. The van der Waals surface area contributed by atoms with E-state index in [0.717, 1.165) is 5.58 Å². The van der Waals surface area contributed by atoms with E-state index in [0.29, 0.717) is 19.1 Å². The number of benzene rings is 4. The Bertz CT molecular complexity index is 1260. The van der Waals surface area contributed by atoms with Crippen molar-refractivity contribution in [3.63, 3.8) is 0 Å². The molecule has 4 nitrogen and oxygen atoms in total. The summed E-state index contributed by atoms with van der Waals surface area (Å²) in [5, 5.41) is 6.25. The van der Waals surface area contributed by atoms with Gasteiger partial charge in [0.15, 0.2) is 0 Å². The van der Waals surface area contributed by atoms with Crippen molar-refractivity contribution in [1.82, 2.24) is 5.32 Å². The number of amidine groups is 1. The first kappa shape index (κ1) is 29.7. The maximum Gasteiger partial charge on any atom is 0.129 e. The van der Waals surface area contributed by atoms with Crippen molar-refractivity contribution in [2.75, 3.05) is 0 Å². The van der Waals surface area contributed by atoms with Crippen LogP contribution >= 0.6 is 7.92 Å². The summed E-state index contributed by atoms with van der Waals surface area (Å²) in [6, 6.07) is 45.2. The Labute approximate surface area is 235 Å². The molecule has 5 heteroatoms. The molecule has 0 fully saturated rings. The first-order valence-electron chi connectivity index (χ1n) is 13.4. The summed E-state index contributed by atoms with van der Waals surface area (Å²) in [6.07, 6.45) is 0. The molecule has 0 aliphatic heterocycles. The van der Waals surface area contributed by atoms with Gasteiger partial charge in [0.05, 0.1) is 25.1 Å². The Kier molecular flexibility index (Phi) is 12.9. The Balaban J connectivity index is 0.000000272. The standard InChI is InChI=1S/C23H25N2P.C11H14N2/c1-19(2)25-23(24-18-20-12-6-3-7-13-20)26(21-14-8-4-9-15-21)22-16-10-5-11-17-22;1-10(2)13-9-12-8-11-6-4-3-5-7-11/h3-17,19H,18H2,1-2H3,(H,24,25);3-7,10H,8H2,1-2H3. The first-order valence-corrected chi connectivity index (χ1v) is 14.8. The lowest BCUT2D eigenvalue weighted by Gasteiger charge is -2.24. The molecule has 0 heterocycles. The van der Waals surface area contributed by atoms with Gasteiger partial charge in [-0.3, -0.25) is 4.99 Å². The van der Waals surface area contributed by atoms with Crippen LogP contribution in [-0.4, -0.2) is 23.7 Å². The molecule has 4 aromatic carbocycles. The normalized spacial score (nSPS) is 11.0. The van der Waals surface area contributed by atoms with E-state index in [-0.39, 0.29) is 6.04 Å². The smallest absolute Gasteiger partial charge is 0.129 e. The largest absolute Gasteiger partial charge is 0.367 e. The fourth-order valence-corrected chi connectivity index (χ4v) is 5.93. The van der Waals surface area contributed by atoms with Crippen molar-refractivity contribution in [3.8, 4) is 0 Å². The third-order valence-electron chi connectivity index (χ3n) is 5.40. The lowest BCUT2D eigenvalue weighted by atomic mass is 10.2. The predicted octanol–water partition coefficient (Wildman–Crippen LogP) is 7.44. The van der Waals surface area contributed by atoms with Crippen LogP contribution in [0.25, 0.3) is 0 Å². The molecule has 0 saturated carbocycles. The van der Waals surface area contributed by atoms with Crippen LogP contribution in [-0.2, 0) is 13.1 Å². The zero-order valence-corrected chi connectivity index (χ0v) is 24.3. The van der Waals surface area contributed by atoms with Crippen LogP contribution in [0, 0.1) is 0 Å². The van der Waals surface area contributed by atoms with Crippen LogP contribution in [0.1, 0.15) is 38.8 Å². The van der Waals surface area contributed by atoms with Gasteiger partial charge >= 0.3 is 0 Å². The van der Waals surface area contributed by atoms with Gasteiger partial charge in [-0.25, -0.2) is 9.98 Å².